The standard InChI is InChI=1S/C29H45N3O5Si/c1-6-8-16-30-25(33)15-17-38(36,37)26(18-20(3)4)31-29(35)27(21(5)7-2)32-28(34)24-14-13-22-11-9-10-12-23(22)19-24/h9-14,19-21,26-27,36-37H,6-8,15-18H2,1-5H3,(H,30,33)(H,31,35)(H,32,34)/t21?,26-,27+/m1/s1. The lowest BCUT2D eigenvalue weighted by atomic mass is 9.97. The summed E-state index contributed by atoms with van der Waals surface area (Å²) in [5.74, 6) is -1.15. The molecule has 3 amide bonds. The Hall–Kier alpha value is -2.75. The molecule has 5 N–H and O–H groups in total. The number of carbonyl (C=O) groups excluding carboxylic acids is 3. The van der Waals surface area contributed by atoms with E-state index in [0.29, 0.717) is 24.9 Å². The van der Waals surface area contributed by atoms with E-state index in [4.69, 9.17) is 0 Å². The van der Waals surface area contributed by atoms with Crippen LogP contribution >= 0.6 is 0 Å². The summed E-state index contributed by atoms with van der Waals surface area (Å²) in [5, 5.41) is 10.5. The zero-order chi connectivity index (χ0) is 28.3. The molecule has 2 aromatic rings. The average Bonchev–Trinajstić information content (AvgIpc) is 2.89. The van der Waals surface area contributed by atoms with Crippen LogP contribution in [0.3, 0.4) is 0 Å². The molecule has 8 nitrogen and oxygen atoms in total. The molecule has 0 radical (unpaired) electrons. The van der Waals surface area contributed by atoms with Gasteiger partial charge in [0.25, 0.3) is 5.91 Å². The maximum Gasteiger partial charge on any atom is 0.356 e. The van der Waals surface area contributed by atoms with Gasteiger partial charge in [-0.3, -0.25) is 14.4 Å². The number of unbranched alkanes of at least 4 members (excludes halogenated alkanes) is 1. The van der Waals surface area contributed by atoms with Gasteiger partial charge in [0.1, 0.15) is 6.04 Å². The van der Waals surface area contributed by atoms with Crippen LogP contribution in [-0.2, 0) is 9.59 Å². The van der Waals surface area contributed by atoms with Crippen LogP contribution in [0.25, 0.3) is 10.8 Å². The summed E-state index contributed by atoms with van der Waals surface area (Å²) in [6.07, 6.45) is 2.80. The van der Waals surface area contributed by atoms with Crippen LogP contribution in [0.4, 0.5) is 0 Å². The molecule has 1 unspecified atom stereocenters. The van der Waals surface area contributed by atoms with Crippen LogP contribution in [-0.4, -0.2) is 54.1 Å². The van der Waals surface area contributed by atoms with Crippen molar-refractivity contribution in [1.29, 1.82) is 0 Å². The zero-order valence-electron chi connectivity index (χ0n) is 23.4. The molecule has 38 heavy (non-hydrogen) atoms. The van der Waals surface area contributed by atoms with Crippen molar-refractivity contribution in [3.63, 3.8) is 0 Å². The molecule has 210 valence electrons. The van der Waals surface area contributed by atoms with Crippen molar-refractivity contribution in [2.75, 3.05) is 6.54 Å². The molecule has 0 aliphatic rings. The van der Waals surface area contributed by atoms with Crippen LogP contribution in [0.2, 0.25) is 6.04 Å². The van der Waals surface area contributed by atoms with Gasteiger partial charge >= 0.3 is 8.56 Å². The third-order valence-electron chi connectivity index (χ3n) is 6.95. The van der Waals surface area contributed by atoms with Crippen molar-refractivity contribution in [1.82, 2.24) is 16.0 Å². The Morgan fingerprint density at radius 3 is 2.26 bits per heavy atom. The summed E-state index contributed by atoms with van der Waals surface area (Å²) in [7, 11) is -4.00. The zero-order valence-corrected chi connectivity index (χ0v) is 24.4. The van der Waals surface area contributed by atoms with Crippen molar-refractivity contribution in [3.8, 4) is 0 Å². The van der Waals surface area contributed by atoms with Gasteiger partial charge in [-0.05, 0) is 47.6 Å². The molecule has 0 aromatic heterocycles. The maximum atomic E-state index is 13.5. The summed E-state index contributed by atoms with van der Waals surface area (Å²) < 4.78 is 0. The lowest BCUT2D eigenvalue weighted by Crippen LogP contribution is -2.62. The van der Waals surface area contributed by atoms with E-state index in [-0.39, 0.29) is 36.1 Å². The Labute approximate surface area is 227 Å². The monoisotopic (exact) mass is 543 g/mol. The molecule has 0 spiro atoms. The topological polar surface area (TPSA) is 128 Å². The number of hydrogen-bond donors (Lipinski definition) is 5. The minimum atomic E-state index is -4.00. The predicted molar refractivity (Wildman–Crippen MR) is 154 cm³/mol. The fourth-order valence-corrected chi connectivity index (χ4v) is 6.48. The van der Waals surface area contributed by atoms with Crippen molar-refractivity contribution in [2.24, 2.45) is 11.8 Å². The molecule has 2 aromatic carbocycles. The van der Waals surface area contributed by atoms with E-state index >= 15 is 0 Å². The van der Waals surface area contributed by atoms with Crippen LogP contribution in [0.5, 0.6) is 0 Å². The van der Waals surface area contributed by atoms with Crippen molar-refractivity contribution in [3.05, 3.63) is 48.0 Å². The number of fused-ring (bicyclic) bond motifs is 1. The Morgan fingerprint density at radius 2 is 1.63 bits per heavy atom. The van der Waals surface area contributed by atoms with E-state index in [1.165, 1.54) is 0 Å². The first-order valence-electron chi connectivity index (χ1n) is 13.8. The molecule has 2 rings (SSSR count). The highest BCUT2D eigenvalue weighted by Gasteiger charge is 2.42. The molecular weight excluding hydrogens is 498 g/mol. The summed E-state index contributed by atoms with van der Waals surface area (Å²) in [5.41, 5.74) is -0.423. The normalized spacial score (nSPS) is 14.1. The number of nitrogens with one attached hydrogen (secondary N) is 3. The molecule has 0 saturated heterocycles. The number of hydrogen-bond acceptors (Lipinski definition) is 5. The second-order valence-corrected chi connectivity index (χ2v) is 13.6. The quantitative estimate of drug-likeness (QED) is 0.173. The lowest BCUT2D eigenvalue weighted by molar-refractivity contribution is -0.124. The average molecular weight is 544 g/mol. The van der Waals surface area contributed by atoms with E-state index < -0.39 is 26.2 Å². The summed E-state index contributed by atoms with van der Waals surface area (Å²) in [6.45, 7) is 10.3. The van der Waals surface area contributed by atoms with Gasteiger partial charge in [-0.15, -0.1) is 0 Å². The molecule has 0 heterocycles. The molecule has 0 saturated carbocycles. The predicted octanol–water partition coefficient (Wildman–Crippen LogP) is 3.79. The van der Waals surface area contributed by atoms with Crippen molar-refractivity contribution >= 4 is 37.1 Å². The Bertz CT molecular complexity index is 1080. The van der Waals surface area contributed by atoms with Gasteiger partial charge in [-0.25, -0.2) is 0 Å². The van der Waals surface area contributed by atoms with Gasteiger partial charge in [-0.1, -0.05) is 77.8 Å². The number of benzene rings is 2. The van der Waals surface area contributed by atoms with Gasteiger partial charge < -0.3 is 25.5 Å². The van der Waals surface area contributed by atoms with Crippen molar-refractivity contribution in [2.45, 2.75) is 84.5 Å². The highest BCUT2D eigenvalue weighted by molar-refractivity contribution is 6.66. The first-order chi connectivity index (χ1) is 18.0. The Morgan fingerprint density at radius 1 is 0.947 bits per heavy atom. The minimum absolute atomic E-state index is 0.0130. The molecule has 3 atom stereocenters. The van der Waals surface area contributed by atoms with Crippen LogP contribution in [0.1, 0.15) is 77.1 Å². The summed E-state index contributed by atoms with van der Waals surface area (Å²) in [4.78, 5) is 60.9. The number of carbonyl (C=O) groups is 3. The molecule has 9 heteroatoms. The fraction of sp³-hybridized carbons (Fsp3) is 0.552. The molecular formula is C29H45N3O5Si. The SMILES string of the molecule is CCCCNC(=O)CC[Si](O)(O)[C@H](CC(C)C)NC(=O)[C@@H](NC(=O)c1ccc2ccccc2c1)C(C)CC. The van der Waals surface area contributed by atoms with Crippen molar-refractivity contribution < 1.29 is 24.0 Å². The number of amides is 3. The van der Waals surface area contributed by atoms with Gasteiger partial charge in [-0.2, -0.15) is 0 Å². The Kier molecular flexibility index (Phi) is 12.4. The van der Waals surface area contributed by atoms with E-state index in [1.54, 1.807) is 12.1 Å². The van der Waals surface area contributed by atoms with E-state index in [2.05, 4.69) is 16.0 Å². The molecule has 0 aliphatic carbocycles. The first kappa shape index (κ1) is 31.5. The van der Waals surface area contributed by atoms with Crippen LogP contribution in [0.15, 0.2) is 42.5 Å². The molecule has 0 fully saturated rings. The molecule has 0 aliphatic heterocycles. The maximum absolute atomic E-state index is 13.5. The highest BCUT2D eigenvalue weighted by Crippen LogP contribution is 2.20. The third-order valence-corrected chi connectivity index (χ3v) is 9.43. The fourth-order valence-electron chi connectivity index (χ4n) is 4.32. The first-order valence-corrected chi connectivity index (χ1v) is 16.0. The smallest absolute Gasteiger partial charge is 0.356 e. The van der Waals surface area contributed by atoms with E-state index in [0.717, 1.165) is 23.6 Å². The lowest BCUT2D eigenvalue weighted by Gasteiger charge is -2.33. The van der Waals surface area contributed by atoms with E-state index in [9.17, 15) is 24.0 Å². The van der Waals surface area contributed by atoms with Gasteiger partial charge in [0, 0.05) is 24.6 Å². The second kappa shape index (κ2) is 15.0. The largest absolute Gasteiger partial charge is 0.409 e. The summed E-state index contributed by atoms with van der Waals surface area (Å²) >= 11 is 0. The summed E-state index contributed by atoms with van der Waals surface area (Å²) in [6, 6.07) is 12.2. The van der Waals surface area contributed by atoms with E-state index in [1.807, 2.05) is 65.0 Å². The van der Waals surface area contributed by atoms with Crippen LogP contribution < -0.4 is 16.0 Å². The van der Waals surface area contributed by atoms with Gasteiger partial charge in [0.15, 0.2) is 0 Å². The van der Waals surface area contributed by atoms with Crippen LogP contribution in [0, 0.1) is 11.8 Å². The Balaban J connectivity index is 2.15. The second-order valence-electron chi connectivity index (χ2n) is 10.7. The third kappa shape index (κ3) is 9.52. The van der Waals surface area contributed by atoms with Gasteiger partial charge in [0.2, 0.25) is 11.8 Å². The minimum Gasteiger partial charge on any atom is -0.409 e. The number of rotatable bonds is 15. The van der Waals surface area contributed by atoms with Gasteiger partial charge in [0.05, 0.1) is 5.67 Å². The highest BCUT2D eigenvalue weighted by atomic mass is 28.4. The molecule has 0 bridgehead atoms.